The first-order valence-corrected chi connectivity index (χ1v) is 9.66. The molecule has 148 valence electrons. The van der Waals surface area contributed by atoms with Gasteiger partial charge in [0.1, 0.15) is 11.5 Å². The van der Waals surface area contributed by atoms with E-state index in [9.17, 15) is 0 Å². The van der Waals surface area contributed by atoms with Gasteiger partial charge < -0.3 is 9.47 Å². The third-order valence-corrected chi connectivity index (χ3v) is 4.34. The van der Waals surface area contributed by atoms with Gasteiger partial charge in [-0.15, -0.1) is 0 Å². The van der Waals surface area contributed by atoms with Crippen LogP contribution in [0.3, 0.4) is 0 Å². The van der Waals surface area contributed by atoms with Crippen LogP contribution in [0.4, 0.5) is 0 Å². The third-order valence-electron chi connectivity index (χ3n) is 4.34. The highest BCUT2D eigenvalue weighted by Gasteiger charge is 1.98. The van der Waals surface area contributed by atoms with Crippen LogP contribution in [-0.4, -0.2) is 0 Å². The molecule has 0 saturated heterocycles. The largest absolute Gasteiger partial charge is 0.466 e. The Labute approximate surface area is 178 Å². The van der Waals surface area contributed by atoms with Crippen molar-refractivity contribution < 1.29 is 9.47 Å². The summed E-state index contributed by atoms with van der Waals surface area (Å²) in [5.41, 5.74) is 4.73. The Kier molecular flexibility index (Phi) is 7.64. The molecule has 0 aliphatic carbocycles. The van der Waals surface area contributed by atoms with E-state index in [1.54, 1.807) is 0 Å². The van der Waals surface area contributed by atoms with E-state index in [1.165, 1.54) is 29.2 Å². The van der Waals surface area contributed by atoms with E-state index in [0.717, 1.165) is 17.1 Å². The summed E-state index contributed by atoms with van der Waals surface area (Å²) in [6, 6.07) is 36.3. The molecule has 0 bridgehead atoms. The molecule has 4 aromatic rings. The molecule has 0 unspecified atom stereocenters. The van der Waals surface area contributed by atoms with Gasteiger partial charge in [0.05, 0.1) is 12.5 Å². The van der Waals surface area contributed by atoms with Crippen LogP contribution in [0.5, 0.6) is 11.5 Å². The van der Waals surface area contributed by atoms with Gasteiger partial charge >= 0.3 is 0 Å². The summed E-state index contributed by atoms with van der Waals surface area (Å²) < 4.78 is 10.4. The second kappa shape index (κ2) is 11.1. The monoisotopic (exact) mass is 392 g/mol. The molecule has 4 rings (SSSR count). The first kappa shape index (κ1) is 20.7. The molecular weight excluding hydrogens is 368 g/mol. The van der Waals surface area contributed by atoms with Crippen molar-refractivity contribution in [3.63, 3.8) is 0 Å². The molecule has 0 heterocycles. The third kappa shape index (κ3) is 5.98. The molecule has 0 amide bonds. The minimum Gasteiger partial charge on any atom is -0.466 e. The molecule has 0 atom stereocenters. The summed E-state index contributed by atoms with van der Waals surface area (Å²) in [6.45, 7) is 7.05. The molecule has 0 saturated carbocycles. The molecule has 0 aliphatic rings. The fourth-order valence-corrected chi connectivity index (χ4v) is 2.93. The summed E-state index contributed by atoms with van der Waals surface area (Å²) in [6.07, 6.45) is 2.86. The molecule has 4 aromatic carbocycles. The van der Waals surface area contributed by atoms with Gasteiger partial charge in [0.25, 0.3) is 0 Å². The molecule has 0 radical (unpaired) electrons. The van der Waals surface area contributed by atoms with Crippen molar-refractivity contribution in [1.29, 1.82) is 0 Å². The maximum atomic E-state index is 5.23. The lowest BCUT2D eigenvalue weighted by molar-refractivity contribution is 0.483. The van der Waals surface area contributed by atoms with Crippen LogP contribution in [-0.2, 0) is 0 Å². The molecule has 0 fully saturated rings. The SMILES string of the molecule is C=COc1ccc(-c2ccccc2)cc1.C=COc1cccc(-c2ccccc2)c1. The second-order valence-electron chi connectivity index (χ2n) is 6.35. The lowest BCUT2D eigenvalue weighted by atomic mass is 10.1. The van der Waals surface area contributed by atoms with E-state index in [4.69, 9.17) is 9.47 Å². The number of hydrogen-bond donors (Lipinski definition) is 0. The smallest absolute Gasteiger partial charge is 0.127 e. The molecule has 2 heteroatoms. The van der Waals surface area contributed by atoms with E-state index < -0.39 is 0 Å². The van der Waals surface area contributed by atoms with Gasteiger partial charge in [-0.3, -0.25) is 0 Å². The Balaban J connectivity index is 0.000000171. The fourth-order valence-electron chi connectivity index (χ4n) is 2.93. The summed E-state index contributed by atoms with van der Waals surface area (Å²) in [7, 11) is 0. The van der Waals surface area contributed by atoms with Crippen LogP contribution >= 0.6 is 0 Å². The summed E-state index contributed by atoms with van der Waals surface area (Å²) in [5, 5.41) is 0. The molecule has 0 spiro atoms. The number of rotatable bonds is 6. The Morgan fingerprint density at radius 3 is 1.47 bits per heavy atom. The van der Waals surface area contributed by atoms with Crippen molar-refractivity contribution in [3.8, 4) is 33.8 Å². The predicted molar refractivity (Wildman–Crippen MR) is 125 cm³/mol. The van der Waals surface area contributed by atoms with Crippen LogP contribution in [0.1, 0.15) is 0 Å². The predicted octanol–water partition coefficient (Wildman–Crippen LogP) is 7.75. The minimum atomic E-state index is 0.810. The van der Waals surface area contributed by atoms with Crippen molar-refractivity contribution in [2.75, 3.05) is 0 Å². The quantitative estimate of drug-likeness (QED) is 0.312. The zero-order chi connectivity index (χ0) is 21.0. The van der Waals surface area contributed by atoms with Crippen LogP contribution in [0.2, 0.25) is 0 Å². The summed E-state index contributed by atoms with van der Waals surface area (Å²) in [4.78, 5) is 0. The van der Waals surface area contributed by atoms with E-state index in [2.05, 4.69) is 43.5 Å². The van der Waals surface area contributed by atoms with Crippen molar-refractivity contribution in [2.45, 2.75) is 0 Å². The average Bonchev–Trinajstić information content (AvgIpc) is 2.82. The van der Waals surface area contributed by atoms with E-state index in [1.807, 2.05) is 78.9 Å². The minimum absolute atomic E-state index is 0.810. The van der Waals surface area contributed by atoms with Gasteiger partial charge in [0.15, 0.2) is 0 Å². The van der Waals surface area contributed by atoms with Crippen LogP contribution in [0.25, 0.3) is 22.3 Å². The molecule has 2 nitrogen and oxygen atoms in total. The van der Waals surface area contributed by atoms with Gasteiger partial charge in [-0.2, -0.15) is 0 Å². The maximum absolute atomic E-state index is 5.23. The molecular formula is C28H24O2. The average molecular weight is 392 g/mol. The zero-order valence-electron chi connectivity index (χ0n) is 16.8. The highest BCUT2D eigenvalue weighted by Crippen LogP contribution is 2.24. The van der Waals surface area contributed by atoms with Crippen molar-refractivity contribution in [3.05, 3.63) is 135 Å². The van der Waals surface area contributed by atoms with E-state index >= 15 is 0 Å². The lowest BCUT2D eigenvalue weighted by Gasteiger charge is -2.04. The first-order valence-electron chi connectivity index (χ1n) is 9.66. The molecule has 0 N–H and O–H groups in total. The highest BCUT2D eigenvalue weighted by atomic mass is 16.5. The van der Waals surface area contributed by atoms with Crippen molar-refractivity contribution >= 4 is 0 Å². The lowest BCUT2D eigenvalue weighted by Crippen LogP contribution is -1.82. The van der Waals surface area contributed by atoms with Gasteiger partial charge in [0.2, 0.25) is 0 Å². The topological polar surface area (TPSA) is 18.5 Å². The summed E-state index contributed by atoms with van der Waals surface area (Å²) >= 11 is 0. The highest BCUT2D eigenvalue weighted by molar-refractivity contribution is 5.65. The van der Waals surface area contributed by atoms with Crippen LogP contribution < -0.4 is 9.47 Å². The number of hydrogen-bond acceptors (Lipinski definition) is 2. The normalized spacial score (nSPS) is 9.60. The van der Waals surface area contributed by atoms with Crippen LogP contribution in [0.15, 0.2) is 135 Å². The van der Waals surface area contributed by atoms with E-state index in [0.29, 0.717) is 0 Å². The Morgan fingerprint density at radius 1 is 0.433 bits per heavy atom. The second-order valence-corrected chi connectivity index (χ2v) is 6.35. The molecule has 0 aliphatic heterocycles. The fraction of sp³-hybridized carbons (Fsp3) is 0. The standard InChI is InChI=1S/2C14H12O/c1-2-15-14-10-6-9-13(11-14)12-7-4-3-5-8-12;1-2-15-14-10-8-13(9-11-14)12-6-4-3-5-7-12/h2*2-11H,1H2. The van der Waals surface area contributed by atoms with Gasteiger partial charge in [-0.25, -0.2) is 0 Å². The first-order chi connectivity index (χ1) is 14.8. The molecule has 30 heavy (non-hydrogen) atoms. The molecule has 0 aromatic heterocycles. The van der Waals surface area contributed by atoms with Crippen LogP contribution in [0, 0.1) is 0 Å². The maximum Gasteiger partial charge on any atom is 0.127 e. The van der Waals surface area contributed by atoms with Gasteiger partial charge in [-0.1, -0.05) is 98.1 Å². The van der Waals surface area contributed by atoms with E-state index in [-0.39, 0.29) is 0 Å². The van der Waals surface area contributed by atoms with Crippen molar-refractivity contribution in [2.24, 2.45) is 0 Å². The number of ether oxygens (including phenoxy) is 2. The van der Waals surface area contributed by atoms with Crippen molar-refractivity contribution in [1.82, 2.24) is 0 Å². The Hall–Kier alpha value is -4.04. The Bertz CT molecular complexity index is 1050. The Morgan fingerprint density at radius 2 is 0.900 bits per heavy atom. The number of benzene rings is 4. The zero-order valence-corrected chi connectivity index (χ0v) is 16.8. The van der Waals surface area contributed by atoms with Gasteiger partial charge in [0, 0.05) is 0 Å². The van der Waals surface area contributed by atoms with Gasteiger partial charge in [-0.05, 0) is 46.5 Å². The summed E-state index contributed by atoms with van der Waals surface area (Å²) in [5.74, 6) is 1.62.